The minimum Gasteiger partial charge on any atom is -0.355 e. The molecule has 1 aliphatic rings. The molecule has 0 saturated carbocycles. The third kappa shape index (κ3) is 9.49. The van der Waals surface area contributed by atoms with Gasteiger partial charge in [-0.3, -0.25) is 19.6 Å². The molecular formula is C27H40N4O. The van der Waals surface area contributed by atoms with E-state index in [0.29, 0.717) is 6.54 Å². The van der Waals surface area contributed by atoms with Crippen molar-refractivity contribution in [3.8, 4) is 0 Å². The number of hydrogen-bond acceptors (Lipinski definition) is 4. The van der Waals surface area contributed by atoms with Gasteiger partial charge in [-0.05, 0) is 49.7 Å². The summed E-state index contributed by atoms with van der Waals surface area (Å²) in [4.78, 5) is 21.4. The van der Waals surface area contributed by atoms with E-state index in [1.807, 2.05) is 18.3 Å². The standard InChI is InChI=1S/C27H40N4O/c1-30(22-26-12-8-10-17-28-26)20-24-13-15-25(16-14-24)21-31-19-11-7-5-3-2-4-6-9-18-29-27(32)23-31/h8,10,12-17H,2-7,9,11,18-23H2,1H3,(H,29,32). The van der Waals surface area contributed by atoms with E-state index in [1.165, 1.54) is 56.1 Å². The average molecular weight is 437 g/mol. The normalized spacial score (nSPS) is 17.6. The second-order valence-corrected chi connectivity index (χ2v) is 9.20. The van der Waals surface area contributed by atoms with Gasteiger partial charge in [0.05, 0.1) is 12.2 Å². The van der Waals surface area contributed by atoms with Crippen LogP contribution in [-0.2, 0) is 24.4 Å². The van der Waals surface area contributed by atoms with Crippen LogP contribution in [0.4, 0.5) is 0 Å². The Morgan fingerprint density at radius 2 is 1.56 bits per heavy atom. The van der Waals surface area contributed by atoms with Gasteiger partial charge in [0, 0.05) is 32.4 Å². The predicted molar refractivity (Wildman–Crippen MR) is 131 cm³/mol. The van der Waals surface area contributed by atoms with Crippen LogP contribution in [0.5, 0.6) is 0 Å². The molecule has 1 aromatic heterocycles. The summed E-state index contributed by atoms with van der Waals surface area (Å²) >= 11 is 0. The van der Waals surface area contributed by atoms with Gasteiger partial charge in [0.15, 0.2) is 0 Å². The molecule has 1 amide bonds. The summed E-state index contributed by atoms with van der Waals surface area (Å²) in [5.74, 6) is 0.162. The van der Waals surface area contributed by atoms with E-state index in [0.717, 1.165) is 44.8 Å². The third-order valence-electron chi connectivity index (χ3n) is 6.13. The lowest BCUT2D eigenvalue weighted by Crippen LogP contribution is -2.37. The number of nitrogens with zero attached hydrogens (tertiary/aromatic N) is 3. The van der Waals surface area contributed by atoms with Gasteiger partial charge in [0.25, 0.3) is 0 Å². The first-order chi connectivity index (χ1) is 15.7. The van der Waals surface area contributed by atoms with E-state index in [2.05, 4.69) is 57.5 Å². The number of benzene rings is 1. The Kier molecular flexibility index (Phi) is 10.7. The van der Waals surface area contributed by atoms with Gasteiger partial charge in [-0.2, -0.15) is 0 Å². The fraction of sp³-hybridized carbons (Fsp3) is 0.556. The average Bonchev–Trinajstić information content (AvgIpc) is 2.79. The molecule has 0 spiro atoms. The summed E-state index contributed by atoms with van der Waals surface area (Å²) in [6.45, 7) is 4.86. The zero-order chi connectivity index (χ0) is 22.4. The van der Waals surface area contributed by atoms with E-state index >= 15 is 0 Å². The molecule has 1 fully saturated rings. The molecule has 1 aliphatic heterocycles. The molecule has 1 saturated heterocycles. The SMILES string of the molecule is CN(Cc1ccc(CN2CCCCCCCCCCNC(=O)C2)cc1)Cc1ccccn1. The zero-order valence-corrected chi connectivity index (χ0v) is 19.8. The Morgan fingerprint density at radius 1 is 0.875 bits per heavy atom. The number of amides is 1. The van der Waals surface area contributed by atoms with Gasteiger partial charge in [0.1, 0.15) is 0 Å². The van der Waals surface area contributed by atoms with Crippen molar-refractivity contribution >= 4 is 5.91 Å². The van der Waals surface area contributed by atoms with Crippen LogP contribution in [0, 0.1) is 0 Å². The number of rotatable bonds is 6. The van der Waals surface area contributed by atoms with Crippen molar-refractivity contribution in [3.63, 3.8) is 0 Å². The van der Waals surface area contributed by atoms with Crippen LogP contribution in [0.1, 0.15) is 68.2 Å². The van der Waals surface area contributed by atoms with Crippen LogP contribution >= 0.6 is 0 Å². The van der Waals surface area contributed by atoms with Crippen LogP contribution in [-0.4, -0.2) is 47.4 Å². The summed E-state index contributed by atoms with van der Waals surface area (Å²) in [6.07, 6.45) is 11.9. The van der Waals surface area contributed by atoms with Gasteiger partial charge in [-0.15, -0.1) is 0 Å². The number of carbonyl (C=O) groups excluding carboxylic acids is 1. The lowest BCUT2D eigenvalue weighted by atomic mass is 10.1. The maximum Gasteiger partial charge on any atom is 0.234 e. The molecule has 2 aromatic rings. The highest BCUT2D eigenvalue weighted by Gasteiger charge is 2.12. The van der Waals surface area contributed by atoms with E-state index in [9.17, 15) is 4.79 Å². The molecule has 3 rings (SSSR count). The molecule has 32 heavy (non-hydrogen) atoms. The maximum atomic E-state index is 12.4. The summed E-state index contributed by atoms with van der Waals surface area (Å²) < 4.78 is 0. The first kappa shape index (κ1) is 24.4. The third-order valence-corrected chi connectivity index (χ3v) is 6.13. The van der Waals surface area contributed by atoms with Crippen molar-refractivity contribution in [2.75, 3.05) is 26.7 Å². The number of aromatic nitrogens is 1. The molecule has 1 aromatic carbocycles. The molecule has 0 unspecified atom stereocenters. The molecule has 2 heterocycles. The van der Waals surface area contributed by atoms with E-state index in [4.69, 9.17) is 0 Å². The monoisotopic (exact) mass is 436 g/mol. The molecule has 1 N–H and O–H groups in total. The second kappa shape index (κ2) is 14.0. The summed E-state index contributed by atoms with van der Waals surface area (Å²) in [5.41, 5.74) is 3.66. The Morgan fingerprint density at radius 3 is 2.28 bits per heavy atom. The summed E-state index contributed by atoms with van der Waals surface area (Å²) in [6, 6.07) is 14.9. The highest BCUT2D eigenvalue weighted by molar-refractivity contribution is 5.77. The topological polar surface area (TPSA) is 48.5 Å². The molecule has 5 nitrogen and oxygen atoms in total. The van der Waals surface area contributed by atoms with Crippen LogP contribution < -0.4 is 5.32 Å². The van der Waals surface area contributed by atoms with Crippen LogP contribution in [0.3, 0.4) is 0 Å². The number of nitrogens with one attached hydrogen (secondary N) is 1. The fourth-order valence-corrected chi connectivity index (χ4v) is 4.37. The highest BCUT2D eigenvalue weighted by Crippen LogP contribution is 2.13. The van der Waals surface area contributed by atoms with Crippen LogP contribution in [0.15, 0.2) is 48.7 Å². The van der Waals surface area contributed by atoms with Crippen molar-refractivity contribution in [2.45, 2.75) is 71.0 Å². The lowest BCUT2D eigenvalue weighted by Gasteiger charge is -2.23. The van der Waals surface area contributed by atoms with Crippen LogP contribution in [0.2, 0.25) is 0 Å². The van der Waals surface area contributed by atoms with E-state index < -0.39 is 0 Å². The van der Waals surface area contributed by atoms with Gasteiger partial charge in [-0.25, -0.2) is 0 Å². The van der Waals surface area contributed by atoms with Crippen molar-refractivity contribution in [3.05, 3.63) is 65.5 Å². The molecule has 174 valence electrons. The quantitative estimate of drug-likeness (QED) is 0.709. The Bertz CT molecular complexity index is 778. The molecule has 0 aliphatic carbocycles. The smallest absolute Gasteiger partial charge is 0.234 e. The molecule has 0 bridgehead atoms. The van der Waals surface area contributed by atoms with Gasteiger partial charge >= 0.3 is 0 Å². The van der Waals surface area contributed by atoms with E-state index in [1.54, 1.807) is 0 Å². The van der Waals surface area contributed by atoms with Crippen molar-refractivity contribution in [1.29, 1.82) is 0 Å². The van der Waals surface area contributed by atoms with Crippen molar-refractivity contribution < 1.29 is 4.79 Å². The van der Waals surface area contributed by atoms with Crippen LogP contribution in [0.25, 0.3) is 0 Å². The number of carbonyl (C=O) groups is 1. The van der Waals surface area contributed by atoms with Crippen molar-refractivity contribution in [1.82, 2.24) is 20.1 Å². The van der Waals surface area contributed by atoms with Gasteiger partial charge in [0.2, 0.25) is 5.91 Å². The Labute approximate surface area is 194 Å². The summed E-state index contributed by atoms with van der Waals surface area (Å²) in [7, 11) is 2.13. The second-order valence-electron chi connectivity index (χ2n) is 9.20. The molecule has 0 radical (unpaired) electrons. The maximum absolute atomic E-state index is 12.4. The van der Waals surface area contributed by atoms with Crippen molar-refractivity contribution in [2.24, 2.45) is 0 Å². The minimum absolute atomic E-state index is 0.162. The Hall–Kier alpha value is -2.24. The van der Waals surface area contributed by atoms with E-state index in [-0.39, 0.29) is 5.91 Å². The fourth-order valence-electron chi connectivity index (χ4n) is 4.37. The molecule has 0 atom stereocenters. The molecule has 5 heteroatoms. The first-order valence-electron chi connectivity index (χ1n) is 12.3. The largest absolute Gasteiger partial charge is 0.355 e. The number of hydrogen-bond donors (Lipinski definition) is 1. The lowest BCUT2D eigenvalue weighted by molar-refractivity contribution is -0.122. The number of pyridine rings is 1. The summed E-state index contributed by atoms with van der Waals surface area (Å²) in [5, 5.41) is 3.11. The molecular weight excluding hydrogens is 396 g/mol. The zero-order valence-electron chi connectivity index (χ0n) is 19.8. The predicted octanol–water partition coefficient (Wildman–Crippen LogP) is 4.77. The Balaban J connectivity index is 1.51. The van der Waals surface area contributed by atoms with Gasteiger partial charge < -0.3 is 5.32 Å². The van der Waals surface area contributed by atoms with Gasteiger partial charge in [-0.1, -0.05) is 68.9 Å². The highest BCUT2D eigenvalue weighted by atomic mass is 16.2. The minimum atomic E-state index is 0.162. The first-order valence-corrected chi connectivity index (χ1v) is 12.3.